The lowest BCUT2D eigenvalue weighted by atomic mass is 10.5. The molecular formula is C12H15BrN4O2. The Morgan fingerprint density at radius 3 is 1.84 bits per heavy atom. The molecule has 0 saturated heterocycles. The van der Waals surface area contributed by atoms with Crippen LogP contribution in [0.15, 0.2) is 24.8 Å². The van der Waals surface area contributed by atoms with E-state index >= 15 is 0 Å². The highest BCUT2D eigenvalue weighted by atomic mass is 79.9. The normalized spacial score (nSPS) is 9.26. The van der Waals surface area contributed by atoms with Crippen LogP contribution in [-0.4, -0.2) is 34.2 Å². The summed E-state index contributed by atoms with van der Waals surface area (Å²) in [6.45, 7) is 1.85. The van der Waals surface area contributed by atoms with E-state index in [1.807, 2.05) is 6.92 Å². The summed E-state index contributed by atoms with van der Waals surface area (Å²) < 4.78 is 9.80. The Bertz CT molecular complexity index is 488. The third-order valence-corrected chi connectivity index (χ3v) is 2.62. The molecule has 0 aliphatic carbocycles. The van der Waals surface area contributed by atoms with Gasteiger partial charge in [0.1, 0.15) is 5.69 Å². The molecule has 102 valence electrons. The molecule has 6 nitrogen and oxygen atoms in total. The molecule has 2 rings (SSSR count). The van der Waals surface area contributed by atoms with Crippen molar-refractivity contribution in [2.75, 3.05) is 14.2 Å². The van der Waals surface area contributed by atoms with Crippen molar-refractivity contribution in [3.63, 3.8) is 0 Å². The van der Waals surface area contributed by atoms with E-state index in [0.29, 0.717) is 17.1 Å². The van der Waals surface area contributed by atoms with Gasteiger partial charge >= 0.3 is 0 Å². The molecule has 0 unspecified atom stereocenters. The molecule has 2 heterocycles. The Morgan fingerprint density at radius 1 is 0.895 bits per heavy atom. The summed E-state index contributed by atoms with van der Waals surface area (Å²) in [4.78, 5) is 15.9. The number of aryl methyl sites for hydroxylation is 1. The minimum Gasteiger partial charge on any atom is -0.480 e. The molecular weight excluding hydrogens is 312 g/mol. The molecule has 0 radical (unpaired) electrons. The monoisotopic (exact) mass is 326 g/mol. The molecule has 2 aromatic rings. The van der Waals surface area contributed by atoms with Crippen LogP contribution in [-0.2, 0) is 5.33 Å². The molecule has 0 amide bonds. The molecule has 0 saturated carbocycles. The quantitative estimate of drug-likeness (QED) is 0.805. The average Bonchev–Trinajstić information content (AvgIpc) is 2.48. The third kappa shape index (κ3) is 4.78. The Hall–Kier alpha value is -1.76. The first kappa shape index (κ1) is 15.3. The summed E-state index contributed by atoms with van der Waals surface area (Å²) in [5, 5.41) is 0.671. The molecule has 19 heavy (non-hydrogen) atoms. The van der Waals surface area contributed by atoms with E-state index in [2.05, 4.69) is 35.9 Å². The molecule has 0 N–H and O–H groups in total. The van der Waals surface area contributed by atoms with Crippen LogP contribution in [0.5, 0.6) is 11.8 Å². The van der Waals surface area contributed by atoms with Crippen molar-refractivity contribution >= 4 is 15.9 Å². The fourth-order valence-electron chi connectivity index (χ4n) is 1.21. The second-order valence-electron chi connectivity index (χ2n) is 3.30. The number of rotatable bonds is 3. The molecule has 0 aromatic carbocycles. The number of hydrogen-bond acceptors (Lipinski definition) is 6. The van der Waals surface area contributed by atoms with E-state index in [1.54, 1.807) is 39.0 Å². The van der Waals surface area contributed by atoms with Crippen molar-refractivity contribution in [2.45, 2.75) is 12.3 Å². The highest BCUT2D eigenvalue weighted by Gasteiger charge is 2.00. The van der Waals surface area contributed by atoms with Crippen molar-refractivity contribution in [1.82, 2.24) is 19.9 Å². The largest absolute Gasteiger partial charge is 0.480 e. The van der Waals surface area contributed by atoms with Crippen LogP contribution in [0, 0.1) is 6.92 Å². The molecule has 7 heteroatoms. The van der Waals surface area contributed by atoms with E-state index in [1.165, 1.54) is 0 Å². The zero-order valence-corrected chi connectivity index (χ0v) is 12.6. The lowest BCUT2D eigenvalue weighted by Gasteiger charge is -2.00. The molecule has 0 bridgehead atoms. The molecule has 0 spiro atoms. The molecule has 0 fully saturated rings. The molecule has 0 atom stereocenters. The third-order valence-electron chi connectivity index (χ3n) is 2.09. The Morgan fingerprint density at radius 2 is 1.42 bits per heavy atom. The zero-order chi connectivity index (χ0) is 14.1. The summed E-state index contributed by atoms with van der Waals surface area (Å²) in [5.41, 5.74) is 1.64. The van der Waals surface area contributed by atoms with E-state index in [9.17, 15) is 0 Å². The van der Waals surface area contributed by atoms with Gasteiger partial charge in [0, 0.05) is 24.8 Å². The maximum Gasteiger partial charge on any atom is 0.236 e. The fourth-order valence-corrected chi connectivity index (χ4v) is 1.60. The number of hydrogen-bond donors (Lipinski definition) is 0. The lowest BCUT2D eigenvalue weighted by molar-refractivity contribution is 0.391. The van der Waals surface area contributed by atoms with Crippen LogP contribution in [0.4, 0.5) is 0 Å². The molecule has 0 aliphatic rings. The van der Waals surface area contributed by atoms with Gasteiger partial charge in [0.15, 0.2) is 0 Å². The van der Waals surface area contributed by atoms with Crippen LogP contribution in [0.25, 0.3) is 0 Å². The molecule has 2 aromatic heterocycles. The number of halogens is 1. The first-order valence-corrected chi connectivity index (χ1v) is 6.56. The Balaban J connectivity index is 0.000000191. The van der Waals surface area contributed by atoms with Gasteiger partial charge in [-0.1, -0.05) is 15.9 Å². The number of aromatic nitrogens is 4. The minimum absolute atomic E-state index is 0.583. The van der Waals surface area contributed by atoms with Gasteiger partial charge < -0.3 is 9.47 Å². The summed E-state index contributed by atoms with van der Waals surface area (Å²) in [6.07, 6.45) is 6.48. The number of alkyl halides is 1. The summed E-state index contributed by atoms with van der Waals surface area (Å²) >= 11 is 3.27. The van der Waals surface area contributed by atoms with Crippen molar-refractivity contribution in [2.24, 2.45) is 0 Å². The molecule has 0 aliphatic heterocycles. The smallest absolute Gasteiger partial charge is 0.236 e. The maximum atomic E-state index is 4.93. The predicted molar refractivity (Wildman–Crippen MR) is 74.5 cm³/mol. The van der Waals surface area contributed by atoms with Gasteiger partial charge in [-0.25, -0.2) is 9.97 Å². The van der Waals surface area contributed by atoms with Gasteiger partial charge in [0.05, 0.1) is 25.2 Å². The first-order chi connectivity index (χ1) is 9.22. The van der Waals surface area contributed by atoms with Crippen molar-refractivity contribution in [3.05, 3.63) is 36.2 Å². The van der Waals surface area contributed by atoms with E-state index in [4.69, 9.17) is 9.47 Å². The second kappa shape index (κ2) is 8.36. The van der Waals surface area contributed by atoms with Crippen molar-refractivity contribution in [3.8, 4) is 11.8 Å². The number of methoxy groups -OCH3 is 2. The Labute approximate surface area is 120 Å². The fraction of sp³-hybridized carbons (Fsp3) is 0.333. The highest BCUT2D eigenvalue weighted by Crippen LogP contribution is 2.12. The van der Waals surface area contributed by atoms with Crippen LogP contribution < -0.4 is 9.47 Å². The van der Waals surface area contributed by atoms with Gasteiger partial charge in [-0.15, -0.1) is 0 Å². The average molecular weight is 327 g/mol. The van der Waals surface area contributed by atoms with Gasteiger partial charge in [-0.2, -0.15) is 0 Å². The number of nitrogens with zero attached hydrogens (tertiary/aromatic N) is 4. The van der Waals surface area contributed by atoms with Crippen LogP contribution in [0.1, 0.15) is 11.4 Å². The van der Waals surface area contributed by atoms with E-state index in [0.717, 1.165) is 11.4 Å². The van der Waals surface area contributed by atoms with E-state index < -0.39 is 0 Å². The summed E-state index contributed by atoms with van der Waals surface area (Å²) in [7, 11) is 3.16. The highest BCUT2D eigenvalue weighted by molar-refractivity contribution is 9.08. The van der Waals surface area contributed by atoms with E-state index in [-0.39, 0.29) is 0 Å². The van der Waals surface area contributed by atoms with Crippen LogP contribution >= 0.6 is 15.9 Å². The SMILES string of the molecule is COc1nccnc1C.COc1nccnc1CBr. The summed E-state index contributed by atoms with van der Waals surface area (Å²) in [5.74, 6) is 1.18. The van der Waals surface area contributed by atoms with Crippen LogP contribution in [0.3, 0.4) is 0 Å². The summed E-state index contributed by atoms with van der Waals surface area (Å²) in [6, 6.07) is 0. The standard InChI is InChI=1S/C6H7BrN2O.C6H8N2O/c1-10-6-5(4-7)8-2-3-9-6;1-5-6(9-2)8-4-3-7-5/h2-3H,4H2,1H3;3-4H,1-2H3. The first-order valence-electron chi connectivity index (χ1n) is 5.44. The van der Waals surface area contributed by atoms with Gasteiger partial charge in [-0.3, -0.25) is 9.97 Å². The number of ether oxygens (including phenoxy) is 2. The van der Waals surface area contributed by atoms with Gasteiger partial charge in [0.2, 0.25) is 11.8 Å². The topological polar surface area (TPSA) is 70.0 Å². The minimum atomic E-state index is 0.583. The second-order valence-corrected chi connectivity index (χ2v) is 3.86. The zero-order valence-electron chi connectivity index (χ0n) is 11.0. The van der Waals surface area contributed by atoms with Crippen molar-refractivity contribution in [1.29, 1.82) is 0 Å². The van der Waals surface area contributed by atoms with Crippen molar-refractivity contribution < 1.29 is 9.47 Å². The van der Waals surface area contributed by atoms with Crippen LogP contribution in [0.2, 0.25) is 0 Å². The predicted octanol–water partition coefficient (Wildman–Crippen LogP) is 2.17. The van der Waals surface area contributed by atoms with Gasteiger partial charge in [-0.05, 0) is 6.92 Å². The maximum absolute atomic E-state index is 4.93. The van der Waals surface area contributed by atoms with Gasteiger partial charge in [0.25, 0.3) is 0 Å². The Kier molecular flexibility index (Phi) is 6.73. The lowest BCUT2D eigenvalue weighted by Crippen LogP contribution is -1.94.